The predicted molar refractivity (Wildman–Crippen MR) is 118 cm³/mol. The normalized spacial score (nSPS) is 15.9. The molecule has 0 saturated carbocycles. The number of thiophene rings is 1. The van der Waals surface area contributed by atoms with Crippen LogP contribution in [0.25, 0.3) is 15.7 Å². The number of aromatic nitrogens is 3. The Morgan fingerprint density at radius 1 is 1.34 bits per heavy atom. The Balaban J connectivity index is 1.47. The van der Waals surface area contributed by atoms with Crippen LogP contribution in [0.3, 0.4) is 0 Å². The molecule has 0 spiro atoms. The Hall–Kier alpha value is -3.04. The Morgan fingerprint density at radius 3 is 3.00 bits per heavy atom. The standard InChI is InChI=1S/C20H23N7OS/c21-8-14(10-24-15-2-5-28-6-3-15)17-12-25-19(22)20(27-17)26-11-16-7-13-9-23-4-1-18(13)29-16/h1,4,7-10,12,15H,2-3,5-6,11,21H2,(H2,22,25)(H,26,27). The number of anilines is 2. The highest BCUT2D eigenvalue weighted by Crippen LogP contribution is 2.26. The molecule has 1 aliphatic heterocycles. The number of nitrogens with zero attached hydrogens (tertiary/aromatic N) is 4. The van der Waals surface area contributed by atoms with E-state index in [1.807, 2.05) is 12.3 Å². The molecule has 0 amide bonds. The van der Waals surface area contributed by atoms with Crippen molar-refractivity contribution in [3.8, 4) is 0 Å². The molecule has 5 N–H and O–H groups in total. The van der Waals surface area contributed by atoms with Gasteiger partial charge in [-0.2, -0.15) is 0 Å². The number of rotatable bonds is 6. The zero-order chi connectivity index (χ0) is 20.1. The Bertz CT molecular complexity index is 1010. The molecule has 3 aromatic rings. The zero-order valence-corrected chi connectivity index (χ0v) is 16.7. The number of hydrogen-bond acceptors (Lipinski definition) is 9. The average Bonchev–Trinajstić information content (AvgIpc) is 3.18. The third-order valence-corrected chi connectivity index (χ3v) is 5.81. The number of fused-ring (bicyclic) bond motifs is 1. The van der Waals surface area contributed by atoms with Gasteiger partial charge in [-0.15, -0.1) is 11.3 Å². The lowest BCUT2D eigenvalue weighted by atomic mass is 10.1. The van der Waals surface area contributed by atoms with Gasteiger partial charge < -0.3 is 21.5 Å². The van der Waals surface area contributed by atoms with Gasteiger partial charge >= 0.3 is 0 Å². The minimum atomic E-state index is 0.250. The van der Waals surface area contributed by atoms with E-state index in [0.717, 1.165) is 36.3 Å². The number of allylic oxidation sites excluding steroid dienone is 1. The van der Waals surface area contributed by atoms with Crippen molar-refractivity contribution in [1.82, 2.24) is 15.0 Å². The monoisotopic (exact) mass is 409 g/mol. The van der Waals surface area contributed by atoms with Gasteiger partial charge in [-0.1, -0.05) is 0 Å². The Morgan fingerprint density at radius 2 is 2.21 bits per heavy atom. The van der Waals surface area contributed by atoms with Gasteiger partial charge in [-0.3, -0.25) is 9.98 Å². The second-order valence-electron chi connectivity index (χ2n) is 6.71. The molecule has 0 unspecified atom stereocenters. The largest absolute Gasteiger partial charge is 0.404 e. The maximum absolute atomic E-state index is 6.02. The van der Waals surface area contributed by atoms with Crippen LogP contribution >= 0.6 is 11.3 Å². The molecule has 0 aromatic carbocycles. The summed E-state index contributed by atoms with van der Waals surface area (Å²) in [6.07, 6.45) is 10.4. The van der Waals surface area contributed by atoms with Gasteiger partial charge in [0.15, 0.2) is 11.6 Å². The van der Waals surface area contributed by atoms with Crippen molar-refractivity contribution in [2.24, 2.45) is 10.7 Å². The Labute approximate surface area is 172 Å². The van der Waals surface area contributed by atoms with Crippen LogP contribution in [-0.2, 0) is 11.3 Å². The van der Waals surface area contributed by atoms with Gasteiger partial charge in [0.1, 0.15) is 0 Å². The highest BCUT2D eigenvalue weighted by molar-refractivity contribution is 7.19. The molecule has 0 aliphatic carbocycles. The van der Waals surface area contributed by atoms with Crippen LogP contribution in [0.2, 0.25) is 0 Å². The highest BCUT2D eigenvalue weighted by Gasteiger charge is 2.13. The summed E-state index contributed by atoms with van der Waals surface area (Å²) in [4.78, 5) is 18.8. The molecule has 4 rings (SSSR count). The van der Waals surface area contributed by atoms with Gasteiger partial charge in [0.05, 0.1) is 24.5 Å². The summed E-state index contributed by atoms with van der Waals surface area (Å²) in [5.74, 6) is 0.867. The fourth-order valence-electron chi connectivity index (χ4n) is 3.08. The van der Waals surface area contributed by atoms with Crippen LogP contribution in [0.1, 0.15) is 23.4 Å². The molecule has 1 fully saturated rings. The van der Waals surface area contributed by atoms with Crippen molar-refractivity contribution in [2.45, 2.75) is 25.4 Å². The van der Waals surface area contributed by atoms with Gasteiger partial charge in [0.25, 0.3) is 0 Å². The highest BCUT2D eigenvalue weighted by atomic mass is 32.1. The molecule has 8 nitrogen and oxygen atoms in total. The van der Waals surface area contributed by atoms with E-state index in [4.69, 9.17) is 16.2 Å². The van der Waals surface area contributed by atoms with Crippen LogP contribution in [-0.4, -0.2) is 40.4 Å². The number of nitrogens with two attached hydrogens (primary N) is 2. The fourth-order valence-corrected chi connectivity index (χ4v) is 4.05. The zero-order valence-electron chi connectivity index (χ0n) is 15.9. The van der Waals surface area contributed by atoms with E-state index >= 15 is 0 Å². The topological polar surface area (TPSA) is 124 Å². The second-order valence-corrected chi connectivity index (χ2v) is 7.88. The lowest BCUT2D eigenvalue weighted by Crippen LogP contribution is -2.18. The van der Waals surface area contributed by atoms with Crippen LogP contribution in [0.5, 0.6) is 0 Å². The molecule has 0 bridgehead atoms. The van der Waals surface area contributed by atoms with Crippen molar-refractivity contribution in [3.05, 3.63) is 47.5 Å². The predicted octanol–water partition coefficient (Wildman–Crippen LogP) is 2.83. The third kappa shape index (κ3) is 4.69. The van der Waals surface area contributed by atoms with E-state index in [-0.39, 0.29) is 6.04 Å². The van der Waals surface area contributed by atoms with Crippen molar-refractivity contribution in [2.75, 3.05) is 24.3 Å². The lowest BCUT2D eigenvalue weighted by molar-refractivity contribution is 0.0872. The fraction of sp³-hybridized carbons (Fsp3) is 0.300. The smallest absolute Gasteiger partial charge is 0.169 e. The summed E-state index contributed by atoms with van der Waals surface area (Å²) < 4.78 is 6.57. The molecule has 0 radical (unpaired) electrons. The van der Waals surface area contributed by atoms with E-state index in [2.05, 4.69) is 31.3 Å². The third-order valence-electron chi connectivity index (χ3n) is 4.69. The molecule has 29 heavy (non-hydrogen) atoms. The molecule has 4 heterocycles. The molecule has 1 saturated heterocycles. The SMILES string of the molecule is NC=C(C=NC1CCOCC1)c1cnc(N)c(NCc2cc3cnccc3s2)n1. The summed E-state index contributed by atoms with van der Waals surface area (Å²) in [6, 6.07) is 4.37. The first kappa shape index (κ1) is 19.3. The molecular weight excluding hydrogens is 386 g/mol. The summed E-state index contributed by atoms with van der Waals surface area (Å²) in [7, 11) is 0. The van der Waals surface area contributed by atoms with Crippen LogP contribution in [0.15, 0.2) is 41.9 Å². The number of nitrogens with one attached hydrogen (secondary N) is 1. The van der Waals surface area contributed by atoms with Gasteiger partial charge in [0, 0.05) is 58.6 Å². The molecule has 150 valence electrons. The van der Waals surface area contributed by atoms with E-state index in [1.54, 1.807) is 29.9 Å². The van der Waals surface area contributed by atoms with Crippen LogP contribution in [0, 0.1) is 0 Å². The van der Waals surface area contributed by atoms with Gasteiger partial charge in [-0.25, -0.2) is 9.97 Å². The van der Waals surface area contributed by atoms with E-state index < -0.39 is 0 Å². The van der Waals surface area contributed by atoms with Crippen molar-refractivity contribution in [3.63, 3.8) is 0 Å². The number of nitrogen functional groups attached to an aromatic ring is 1. The van der Waals surface area contributed by atoms with Crippen molar-refractivity contribution in [1.29, 1.82) is 0 Å². The Kier molecular flexibility index (Phi) is 5.97. The van der Waals surface area contributed by atoms with Gasteiger partial charge in [0.2, 0.25) is 0 Å². The molecule has 1 aliphatic rings. The van der Waals surface area contributed by atoms with Gasteiger partial charge in [-0.05, 0) is 25.0 Å². The number of ether oxygens (including phenoxy) is 1. The van der Waals surface area contributed by atoms with E-state index in [1.165, 1.54) is 10.9 Å². The van der Waals surface area contributed by atoms with Crippen molar-refractivity contribution < 1.29 is 4.74 Å². The first-order chi connectivity index (χ1) is 14.2. The summed E-state index contributed by atoms with van der Waals surface area (Å²) in [6.45, 7) is 2.08. The summed E-state index contributed by atoms with van der Waals surface area (Å²) in [5, 5.41) is 4.40. The number of hydrogen-bond donors (Lipinski definition) is 3. The first-order valence-electron chi connectivity index (χ1n) is 9.45. The average molecular weight is 410 g/mol. The first-order valence-corrected chi connectivity index (χ1v) is 10.3. The molecule has 0 atom stereocenters. The van der Waals surface area contributed by atoms with Crippen LogP contribution in [0.4, 0.5) is 11.6 Å². The summed E-state index contributed by atoms with van der Waals surface area (Å²) >= 11 is 1.71. The summed E-state index contributed by atoms with van der Waals surface area (Å²) in [5.41, 5.74) is 13.2. The quantitative estimate of drug-likeness (QED) is 0.535. The van der Waals surface area contributed by atoms with E-state index in [0.29, 0.717) is 29.4 Å². The lowest BCUT2D eigenvalue weighted by Gasteiger charge is -2.18. The molecule has 9 heteroatoms. The number of aliphatic imine (C=N–C) groups is 1. The second kappa shape index (κ2) is 8.97. The minimum absolute atomic E-state index is 0.250. The maximum atomic E-state index is 6.02. The molecule has 3 aromatic heterocycles. The van der Waals surface area contributed by atoms with Crippen molar-refractivity contribution >= 4 is 44.8 Å². The molecular formula is C20H23N7OS. The minimum Gasteiger partial charge on any atom is -0.404 e. The van der Waals surface area contributed by atoms with E-state index in [9.17, 15) is 0 Å². The maximum Gasteiger partial charge on any atom is 0.169 e. The van der Waals surface area contributed by atoms with Crippen LogP contribution < -0.4 is 16.8 Å². The number of pyridine rings is 1.